The lowest BCUT2D eigenvalue weighted by Crippen LogP contribution is -2.41. The molecule has 2 aliphatic heterocycles. The second-order valence-corrected chi connectivity index (χ2v) is 6.93. The summed E-state index contributed by atoms with van der Waals surface area (Å²) in [6.07, 6.45) is 4.21. The van der Waals surface area contributed by atoms with Crippen LogP contribution in [0, 0.1) is 0 Å². The Morgan fingerprint density at radius 1 is 1.12 bits per heavy atom. The van der Waals surface area contributed by atoms with Crippen molar-refractivity contribution in [3.63, 3.8) is 0 Å². The topological polar surface area (TPSA) is 58.9 Å². The molecular weight excluding hydrogens is 350 g/mol. The van der Waals surface area contributed by atoms with Crippen molar-refractivity contribution in [1.29, 1.82) is 0 Å². The van der Waals surface area contributed by atoms with Crippen LogP contribution in [0.25, 0.3) is 0 Å². The molecule has 0 amide bonds. The number of hydrogen-bond donors (Lipinski definition) is 2. The SMILES string of the molecule is S=C(NCc1ccc2c(c1)OCO2)NC[C@H](c1ccco1)N1CCCC1. The summed E-state index contributed by atoms with van der Waals surface area (Å²) in [6, 6.07) is 10.1. The summed E-state index contributed by atoms with van der Waals surface area (Å²) in [5.41, 5.74) is 1.10. The molecule has 6 nitrogen and oxygen atoms in total. The average Bonchev–Trinajstić information content (AvgIpc) is 3.41. The van der Waals surface area contributed by atoms with E-state index in [1.807, 2.05) is 30.3 Å². The van der Waals surface area contributed by atoms with Crippen LogP contribution >= 0.6 is 12.2 Å². The minimum absolute atomic E-state index is 0.206. The van der Waals surface area contributed by atoms with E-state index in [0.29, 0.717) is 11.7 Å². The Labute approximate surface area is 158 Å². The Hall–Kier alpha value is -2.25. The van der Waals surface area contributed by atoms with E-state index in [1.165, 1.54) is 12.8 Å². The van der Waals surface area contributed by atoms with Crippen molar-refractivity contribution in [1.82, 2.24) is 15.5 Å². The number of rotatable bonds is 6. The highest BCUT2D eigenvalue weighted by Crippen LogP contribution is 2.32. The third-order valence-corrected chi connectivity index (χ3v) is 5.09. The van der Waals surface area contributed by atoms with Crippen LogP contribution in [0.1, 0.15) is 30.2 Å². The number of furan rings is 1. The summed E-state index contributed by atoms with van der Waals surface area (Å²) in [5.74, 6) is 2.56. The van der Waals surface area contributed by atoms with Gasteiger partial charge in [-0.15, -0.1) is 0 Å². The van der Waals surface area contributed by atoms with Gasteiger partial charge in [0.05, 0.1) is 12.3 Å². The van der Waals surface area contributed by atoms with Gasteiger partial charge in [0.15, 0.2) is 16.6 Å². The highest BCUT2D eigenvalue weighted by molar-refractivity contribution is 7.80. The molecule has 1 saturated heterocycles. The van der Waals surface area contributed by atoms with Crippen LogP contribution in [0.15, 0.2) is 41.0 Å². The molecular formula is C19H23N3O3S. The van der Waals surface area contributed by atoms with Crippen molar-refractivity contribution in [2.75, 3.05) is 26.4 Å². The number of nitrogens with zero attached hydrogens (tertiary/aromatic N) is 1. The lowest BCUT2D eigenvalue weighted by molar-refractivity contribution is 0.174. The largest absolute Gasteiger partial charge is 0.468 e. The van der Waals surface area contributed by atoms with Gasteiger partial charge in [0.25, 0.3) is 0 Å². The smallest absolute Gasteiger partial charge is 0.231 e. The zero-order chi connectivity index (χ0) is 17.8. The zero-order valence-corrected chi connectivity index (χ0v) is 15.4. The fourth-order valence-electron chi connectivity index (χ4n) is 3.43. The maximum absolute atomic E-state index is 5.64. The van der Waals surface area contributed by atoms with E-state index in [9.17, 15) is 0 Å². The molecule has 138 valence electrons. The number of nitrogens with one attached hydrogen (secondary N) is 2. The van der Waals surface area contributed by atoms with E-state index in [4.69, 9.17) is 26.1 Å². The standard InChI is InChI=1S/C19H23N3O3S/c26-19(20-11-14-5-6-17-18(10-14)25-13-24-17)21-12-15(16-4-3-9-23-16)22-7-1-2-8-22/h3-6,9-10,15H,1-2,7-8,11-13H2,(H2,20,21,26)/t15-/m1/s1. The van der Waals surface area contributed by atoms with Crippen molar-refractivity contribution in [3.05, 3.63) is 47.9 Å². The molecule has 0 spiro atoms. The van der Waals surface area contributed by atoms with Gasteiger partial charge in [-0.1, -0.05) is 6.07 Å². The summed E-state index contributed by atoms with van der Waals surface area (Å²) in [5, 5.41) is 7.23. The van der Waals surface area contributed by atoms with Gasteiger partial charge in [-0.25, -0.2) is 0 Å². The number of likely N-dealkylation sites (tertiary alicyclic amines) is 1. The molecule has 26 heavy (non-hydrogen) atoms. The van der Waals surface area contributed by atoms with E-state index in [2.05, 4.69) is 15.5 Å². The first-order valence-corrected chi connectivity index (χ1v) is 9.38. The van der Waals surface area contributed by atoms with Gasteiger partial charge in [0.2, 0.25) is 6.79 Å². The molecule has 0 aliphatic carbocycles. The summed E-state index contributed by atoms with van der Waals surface area (Å²) in [4.78, 5) is 2.45. The Balaban J connectivity index is 1.29. The van der Waals surface area contributed by atoms with Crippen LogP contribution in [-0.2, 0) is 6.54 Å². The summed E-state index contributed by atoms with van der Waals surface area (Å²) < 4.78 is 16.4. The van der Waals surface area contributed by atoms with Gasteiger partial charge in [-0.05, 0) is 68.0 Å². The van der Waals surface area contributed by atoms with Crippen molar-refractivity contribution < 1.29 is 13.9 Å². The molecule has 1 fully saturated rings. The molecule has 0 bridgehead atoms. The Morgan fingerprint density at radius 2 is 1.96 bits per heavy atom. The Morgan fingerprint density at radius 3 is 2.77 bits per heavy atom. The van der Waals surface area contributed by atoms with Crippen LogP contribution in [0.3, 0.4) is 0 Å². The van der Waals surface area contributed by atoms with Crippen molar-refractivity contribution >= 4 is 17.3 Å². The Kier molecular flexibility index (Phi) is 5.26. The lowest BCUT2D eigenvalue weighted by atomic mass is 10.2. The van der Waals surface area contributed by atoms with Crippen molar-refractivity contribution in [2.24, 2.45) is 0 Å². The van der Waals surface area contributed by atoms with Gasteiger partial charge in [-0.2, -0.15) is 0 Å². The third-order valence-electron chi connectivity index (χ3n) is 4.80. The number of thiocarbonyl (C=S) groups is 1. The number of ether oxygens (including phenoxy) is 2. The van der Waals surface area contributed by atoms with E-state index in [0.717, 1.165) is 42.5 Å². The van der Waals surface area contributed by atoms with E-state index in [-0.39, 0.29) is 12.8 Å². The fourth-order valence-corrected chi connectivity index (χ4v) is 3.58. The first-order valence-electron chi connectivity index (χ1n) is 8.97. The molecule has 0 radical (unpaired) electrons. The monoisotopic (exact) mass is 373 g/mol. The molecule has 1 atom stereocenters. The fraction of sp³-hybridized carbons (Fsp3) is 0.421. The van der Waals surface area contributed by atoms with Gasteiger partial charge >= 0.3 is 0 Å². The minimum Gasteiger partial charge on any atom is -0.468 e. The second kappa shape index (κ2) is 7.97. The molecule has 3 heterocycles. The average molecular weight is 373 g/mol. The lowest BCUT2D eigenvalue weighted by Gasteiger charge is -2.26. The first kappa shape index (κ1) is 17.2. The quantitative estimate of drug-likeness (QED) is 0.755. The van der Waals surface area contributed by atoms with Gasteiger partial charge in [0, 0.05) is 13.1 Å². The molecule has 2 aromatic rings. The summed E-state index contributed by atoms with van der Waals surface area (Å²) >= 11 is 5.45. The predicted octanol–water partition coefficient (Wildman–Crippen LogP) is 2.81. The van der Waals surface area contributed by atoms with Gasteiger partial charge < -0.3 is 24.5 Å². The van der Waals surface area contributed by atoms with E-state index < -0.39 is 0 Å². The predicted molar refractivity (Wildman–Crippen MR) is 102 cm³/mol. The molecule has 1 aromatic carbocycles. The van der Waals surface area contributed by atoms with Crippen LogP contribution < -0.4 is 20.1 Å². The first-order chi connectivity index (χ1) is 12.8. The summed E-state index contributed by atoms with van der Waals surface area (Å²) in [7, 11) is 0. The summed E-state index contributed by atoms with van der Waals surface area (Å²) in [6.45, 7) is 3.85. The molecule has 2 aliphatic rings. The molecule has 7 heteroatoms. The van der Waals surface area contributed by atoms with E-state index >= 15 is 0 Å². The van der Waals surface area contributed by atoms with Crippen molar-refractivity contribution in [3.8, 4) is 11.5 Å². The zero-order valence-electron chi connectivity index (χ0n) is 14.6. The molecule has 0 unspecified atom stereocenters. The molecule has 4 rings (SSSR count). The maximum atomic E-state index is 5.64. The van der Waals surface area contributed by atoms with E-state index in [1.54, 1.807) is 6.26 Å². The number of benzene rings is 1. The highest BCUT2D eigenvalue weighted by Gasteiger charge is 2.25. The van der Waals surface area contributed by atoms with Crippen molar-refractivity contribution in [2.45, 2.75) is 25.4 Å². The minimum atomic E-state index is 0.206. The van der Waals surface area contributed by atoms with Crippen LogP contribution in [0.4, 0.5) is 0 Å². The van der Waals surface area contributed by atoms with Gasteiger partial charge in [0.1, 0.15) is 5.76 Å². The maximum Gasteiger partial charge on any atom is 0.231 e. The molecule has 2 N–H and O–H groups in total. The Bertz CT molecular complexity index is 744. The van der Waals surface area contributed by atoms with Crippen LogP contribution in [0.2, 0.25) is 0 Å². The number of hydrogen-bond acceptors (Lipinski definition) is 5. The second-order valence-electron chi connectivity index (χ2n) is 6.53. The molecule has 0 saturated carbocycles. The van der Waals surface area contributed by atoms with Gasteiger partial charge in [-0.3, -0.25) is 4.90 Å². The molecule has 1 aromatic heterocycles. The number of fused-ring (bicyclic) bond motifs is 1. The van der Waals surface area contributed by atoms with Crippen LogP contribution in [0.5, 0.6) is 11.5 Å². The third kappa shape index (κ3) is 3.94. The highest BCUT2D eigenvalue weighted by atomic mass is 32.1. The van der Waals surface area contributed by atoms with Crippen LogP contribution in [-0.4, -0.2) is 36.4 Å². The normalized spacial score (nSPS) is 17.2.